The van der Waals surface area contributed by atoms with E-state index in [0.29, 0.717) is 6.10 Å². The largest absolute Gasteiger partial charge is 0.382 e. The van der Waals surface area contributed by atoms with Gasteiger partial charge in [0.2, 0.25) is 0 Å². The van der Waals surface area contributed by atoms with E-state index in [1.165, 1.54) is 0 Å². The Morgan fingerprint density at radius 3 is 2.61 bits per heavy atom. The van der Waals surface area contributed by atoms with Gasteiger partial charge in [-0.2, -0.15) is 0 Å². The van der Waals surface area contributed by atoms with E-state index in [4.69, 9.17) is 21.7 Å². The number of rotatable bonds is 7. The normalized spacial score (nSPS) is 16.9. The Bertz CT molecular complexity index is 231. The Morgan fingerprint density at radius 2 is 2.00 bits per heavy atom. The number of hydrogen-bond donors (Lipinski definition) is 1. The van der Waals surface area contributed by atoms with Crippen LogP contribution in [0.15, 0.2) is 0 Å². The van der Waals surface area contributed by atoms with Crippen molar-refractivity contribution >= 4 is 17.3 Å². The second-order valence-electron chi connectivity index (χ2n) is 4.42. The van der Waals surface area contributed by atoms with Gasteiger partial charge in [-0.15, -0.1) is 0 Å². The maximum absolute atomic E-state index is 5.63. The Labute approximate surface area is 116 Å². The molecule has 0 amide bonds. The summed E-state index contributed by atoms with van der Waals surface area (Å²) in [5.74, 6) is 0. The first-order valence-electron chi connectivity index (χ1n) is 7.00. The molecule has 4 nitrogen and oxygen atoms in total. The van der Waals surface area contributed by atoms with Gasteiger partial charge in [0.15, 0.2) is 5.11 Å². The zero-order chi connectivity index (χ0) is 13.2. The maximum Gasteiger partial charge on any atom is 0.168 e. The maximum atomic E-state index is 5.63. The first-order chi connectivity index (χ1) is 8.77. The molecule has 1 N–H and O–H groups in total. The summed E-state index contributed by atoms with van der Waals surface area (Å²) in [7, 11) is 0. The number of piperidine rings is 1. The lowest BCUT2D eigenvalue weighted by molar-refractivity contribution is 0.0268. The van der Waals surface area contributed by atoms with Crippen molar-refractivity contribution in [2.24, 2.45) is 0 Å². The van der Waals surface area contributed by atoms with Crippen LogP contribution in [0.2, 0.25) is 0 Å². The van der Waals surface area contributed by atoms with Gasteiger partial charge in [0.05, 0.1) is 6.10 Å². The van der Waals surface area contributed by atoms with Crippen LogP contribution in [0.4, 0.5) is 0 Å². The first kappa shape index (κ1) is 15.7. The lowest BCUT2D eigenvalue weighted by Crippen LogP contribution is -2.46. The average molecular weight is 274 g/mol. The molecule has 0 unspecified atom stereocenters. The van der Waals surface area contributed by atoms with Crippen molar-refractivity contribution < 1.29 is 9.47 Å². The monoisotopic (exact) mass is 274 g/mol. The van der Waals surface area contributed by atoms with Crippen LogP contribution < -0.4 is 5.32 Å². The summed E-state index contributed by atoms with van der Waals surface area (Å²) in [6, 6.07) is 0. The molecule has 1 aliphatic rings. The van der Waals surface area contributed by atoms with Crippen LogP contribution in [-0.4, -0.2) is 55.6 Å². The molecule has 5 heteroatoms. The predicted octanol–water partition coefficient (Wildman–Crippen LogP) is 1.79. The number of likely N-dealkylation sites (tertiary alicyclic amines) is 1. The minimum Gasteiger partial charge on any atom is -0.382 e. The molecule has 0 spiro atoms. The van der Waals surface area contributed by atoms with Gasteiger partial charge in [0.25, 0.3) is 0 Å². The third-order valence-electron chi connectivity index (χ3n) is 3.08. The number of nitrogens with zero attached hydrogens (tertiary/aromatic N) is 1. The number of nitrogens with one attached hydrogen (secondary N) is 1. The molecule has 1 heterocycles. The second kappa shape index (κ2) is 9.53. The molecule has 1 aliphatic heterocycles. The zero-order valence-electron chi connectivity index (χ0n) is 11.6. The topological polar surface area (TPSA) is 33.7 Å². The summed E-state index contributed by atoms with van der Waals surface area (Å²) in [6.45, 7) is 9.37. The van der Waals surface area contributed by atoms with Crippen LogP contribution in [0.5, 0.6) is 0 Å². The minimum absolute atomic E-state index is 0.423. The highest BCUT2D eigenvalue weighted by Crippen LogP contribution is 2.13. The smallest absolute Gasteiger partial charge is 0.168 e. The fourth-order valence-electron chi connectivity index (χ4n) is 2.09. The molecule has 18 heavy (non-hydrogen) atoms. The van der Waals surface area contributed by atoms with Crippen LogP contribution >= 0.6 is 12.2 Å². The van der Waals surface area contributed by atoms with E-state index in [1.54, 1.807) is 0 Å². The van der Waals surface area contributed by atoms with Gasteiger partial charge in [-0.1, -0.05) is 0 Å². The lowest BCUT2D eigenvalue weighted by atomic mass is 10.1. The van der Waals surface area contributed by atoms with Crippen molar-refractivity contribution in [2.45, 2.75) is 39.2 Å². The number of hydrogen-bond acceptors (Lipinski definition) is 3. The van der Waals surface area contributed by atoms with Gasteiger partial charge < -0.3 is 19.7 Å². The van der Waals surface area contributed by atoms with Crippen molar-refractivity contribution in [3.05, 3.63) is 0 Å². The van der Waals surface area contributed by atoms with Gasteiger partial charge in [0, 0.05) is 39.5 Å². The first-order valence-corrected chi connectivity index (χ1v) is 7.40. The molecule has 0 radical (unpaired) electrons. The second-order valence-corrected chi connectivity index (χ2v) is 4.81. The molecule has 1 rings (SSSR count). The Balaban J connectivity index is 2.08. The van der Waals surface area contributed by atoms with E-state index in [2.05, 4.69) is 17.1 Å². The third-order valence-corrected chi connectivity index (χ3v) is 3.48. The molecular formula is C13H26N2O2S. The van der Waals surface area contributed by atoms with Crippen molar-refractivity contribution in [1.82, 2.24) is 10.2 Å². The van der Waals surface area contributed by atoms with Crippen LogP contribution in [0.3, 0.4) is 0 Å². The Morgan fingerprint density at radius 1 is 1.28 bits per heavy atom. The van der Waals surface area contributed by atoms with Crippen molar-refractivity contribution in [2.75, 3.05) is 39.5 Å². The van der Waals surface area contributed by atoms with Gasteiger partial charge in [-0.25, -0.2) is 0 Å². The molecule has 0 atom stereocenters. The summed E-state index contributed by atoms with van der Waals surface area (Å²) >= 11 is 5.39. The van der Waals surface area contributed by atoms with Crippen LogP contribution in [0, 0.1) is 0 Å². The van der Waals surface area contributed by atoms with E-state index in [-0.39, 0.29) is 0 Å². The summed E-state index contributed by atoms with van der Waals surface area (Å²) in [5.41, 5.74) is 0. The van der Waals surface area contributed by atoms with E-state index in [9.17, 15) is 0 Å². The molecule has 1 fully saturated rings. The highest BCUT2D eigenvalue weighted by Gasteiger charge is 2.20. The molecular weight excluding hydrogens is 248 g/mol. The Kier molecular flexibility index (Phi) is 8.29. The lowest BCUT2D eigenvalue weighted by Gasteiger charge is -2.33. The van der Waals surface area contributed by atoms with Crippen LogP contribution in [0.1, 0.15) is 33.1 Å². The van der Waals surface area contributed by atoms with Crippen molar-refractivity contribution in [3.8, 4) is 0 Å². The molecule has 106 valence electrons. The fraction of sp³-hybridized carbons (Fsp3) is 0.923. The van der Waals surface area contributed by atoms with Gasteiger partial charge in [-0.3, -0.25) is 0 Å². The van der Waals surface area contributed by atoms with Crippen molar-refractivity contribution in [3.63, 3.8) is 0 Å². The van der Waals surface area contributed by atoms with Gasteiger partial charge in [0.1, 0.15) is 0 Å². The molecule has 0 aromatic carbocycles. The molecule has 0 saturated carbocycles. The van der Waals surface area contributed by atoms with Gasteiger partial charge in [-0.05, 0) is 45.3 Å². The highest BCUT2D eigenvalue weighted by atomic mass is 32.1. The Hall–Kier alpha value is -0.390. The highest BCUT2D eigenvalue weighted by molar-refractivity contribution is 7.80. The van der Waals surface area contributed by atoms with Gasteiger partial charge >= 0.3 is 0 Å². The number of thiocarbonyl (C=S) groups is 1. The third kappa shape index (κ3) is 5.98. The van der Waals surface area contributed by atoms with Crippen molar-refractivity contribution in [1.29, 1.82) is 0 Å². The zero-order valence-corrected chi connectivity index (χ0v) is 12.4. The van der Waals surface area contributed by atoms with E-state index in [1.807, 2.05) is 6.92 Å². The summed E-state index contributed by atoms with van der Waals surface area (Å²) in [6.07, 6.45) is 3.58. The summed E-state index contributed by atoms with van der Waals surface area (Å²) in [5, 5.41) is 4.17. The molecule has 0 aromatic rings. The molecule has 0 aromatic heterocycles. The fourth-order valence-corrected chi connectivity index (χ4v) is 2.37. The summed E-state index contributed by atoms with van der Waals surface area (Å²) < 4.78 is 10.9. The minimum atomic E-state index is 0.423. The standard InChI is InChI=1S/C13H26N2O2S/c1-3-16-11-5-8-14-13(18)15-9-6-12(7-10-15)17-4-2/h12H,3-11H2,1-2H3,(H,14,18). The predicted molar refractivity (Wildman–Crippen MR) is 77.9 cm³/mol. The molecule has 1 saturated heterocycles. The van der Waals surface area contributed by atoms with E-state index in [0.717, 1.165) is 63.8 Å². The van der Waals surface area contributed by atoms with Crippen LogP contribution in [0.25, 0.3) is 0 Å². The number of ether oxygens (including phenoxy) is 2. The quantitative estimate of drug-likeness (QED) is 0.565. The SMILES string of the molecule is CCOCCCNC(=S)N1CCC(OCC)CC1. The molecule has 0 bridgehead atoms. The van der Waals surface area contributed by atoms with E-state index >= 15 is 0 Å². The van der Waals surface area contributed by atoms with E-state index < -0.39 is 0 Å². The average Bonchev–Trinajstić information content (AvgIpc) is 2.39. The molecule has 0 aliphatic carbocycles. The summed E-state index contributed by atoms with van der Waals surface area (Å²) in [4.78, 5) is 2.24. The van der Waals surface area contributed by atoms with Crippen LogP contribution in [-0.2, 0) is 9.47 Å².